The van der Waals surface area contributed by atoms with E-state index >= 15 is 0 Å². The molecule has 3 saturated heterocycles. The van der Waals surface area contributed by atoms with E-state index in [0.717, 1.165) is 72.8 Å². The Kier molecular flexibility index (Phi) is 4.43. The van der Waals surface area contributed by atoms with Gasteiger partial charge in [-0.25, -0.2) is 15.0 Å². The fraction of sp³-hybridized carbons (Fsp3) is 0.481. The van der Waals surface area contributed by atoms with Gasteiger partial charge in [0.25, 0.3) is 0 Å². The number of ether oxygens (including phenoxy) is 1. The highest BCUT2D eigenvalue weighted by Gasteiger charge is 2.42. The van der Waals surface area contributed by atoms with Crippen LogP contribution in [0.15, 0.2) is 30.7 Å². The van der Waals surface area contributed by atoms with E-state index in [9.17, 15) is 0 Å². The highest BCUT2D eigenvalue weighted by atomic mass is 16.5. The van der Waals surface area contributed by atoms with Gasteiger partial charge in [-0.05, 0) is 55.7 Å². The molecule has 8 nitrogen and oxygen atoms in total. The third-order valence-electron chi connectivity index (χ3n) is 8.35. The van der Waals surface area contributed by atoms with Crippen LogP contribution in [-0.4, -0.2) is 63.3 Å². The third kappa shape index (κ3) is 3.27. The number of hydrogen-bond acceptors (Lipinski definition) is 7. The molecule has 0 spiro atoms. The molecule has 0 amide bonds. The quantitative estimate of drug-likeness (QED) is 0.470. The molecule has 8 heteroatoms. The van der Waals surface area contributed by atoms with Crippen LogP contribution in [0.3, 0.4) is 0 Å². The predicted molar refractivity (Wildman–Crippen MR) is 135 cm³/mol. The highest BCUT2D eigenvalue weighted by Crippen LogP contribution is 2.46. The Morgan fingerprint density at radius 1 is 1.03 bits per heavy atom. The minimum Gasteiger partial charge on any atom is -0.374 e. The molecule has 7 heterocycles. The Labute approximate surface area is 203 Å². The van der Waals surface area contributed by atoms with Crippen molar-refractivity contribution in [1.29, 1.82) is 0 Å². The maximum Gasteiger partial charge on any atom is 0.163 e. The Balaban J connectivity index is 1.29. The van der Waals surface area contributed by atoms with E-state index in [4.69, 9.17) is 14.7 Å². The summed E-state index contributed by atoms with van der Waals surface area (Å²) >= 11 is 0. The second-order valence-electron chi connectivity index (χ2n) is 10.6. The van der Waals surface area contributed by atoms with Crippen molar-refractivity contribution in [3.63, 3.8) is 0 Å². The number of fused-ring (bicyclic) bond motifs is 4. The van der Waals surface area contributed by atoms with Gasteiger partial charge in [-0.3, -0.25) is 4.98 Å². The number of nitrogens with zero attached hydrogens (tertiary/aromatic N) is 5. The normalized spacial score (nSPS) is 26.3. The number of H-pyrrole nitrogens is 1. The van der Waals surface area contributed by atoms with Crippen LogP contribution >= 0.6 is 0 Å². The van der Waals surface area contributed by atoms with Crippen LogP contribution in [0.2, 0.25) is 0 Å². The van der Waals surface area contributed by atoms with Gasteiger partial charge in [-0.1, -0.05) is 0 Å². The summed E-state index contributed by atoms with van der Waals surface area (Å²) in [6.45, 7) is 3.83. The zero-order valence-corrected chi connectivity index (χ0v) is 19.7. The minimum absolute atomic E-state index is 0.333. The fourth-order valence-electron chi connectivity index (χ4n) is 6.43. The summed E-state index contributed by atoms with van der Waals surface area (Å²) in [6.07, 6.45) is 12.5. The second kappa shape index (κ2) is 7.70. The molecule has 0 radical (unpaired) electrons. The van der Waals surface area contributed by atoms with Gasteiger partial charge in [0.1, 0.15) is 11.5 Å². The largest absolute Gasteiger partial charge is 0.374 e. The summed E-state index contributed by atoms with van der Waals surface area (Å²) in [5, 5.41) is 5.75. The lowest BCUT2D eigenvalue weighted by molar-refractivity contribution is 0.100. The number of rotatable bonds is 4. The van der Waals surface area contributed by atoms with Crippen molar-refractivity contribution in [1.82, 2.24) is 30.2 Å². The number of anilines is 1. The van der Waals surface area contributed by atoms with Crippen LogP contribution in [0.1, 0.15) is 55.2 Å². The molecule has 3 atom stereocenters. The molecule has 0 aromatic carbocycles. The van der Waals surface area contributed by atoms with Crippen LogP contribution in [-0.2, 0) is 4.74 Å². The Bertz CT molecular complexity index is 1440. The zero-order chi connectivity index (χ0) is 22.9. The maximum absolute atomic E-state index is 6.13. The van der Waals surface area contributed by atoms with Crippen LogP contribution in [0, 0.1) is 0 Å². The summed E-state index contributed by atoms with van der Waals surface area (Å²) in [4.78, 5) is 25.6. The molecule has 4 aliphatic rings. The molecule has 4 aromatic rings. The first kappa shape index (κ1) is 20.1. The first-order valence-corrected chi connectivity index (χ1v) is 13.1. The van der Waals surface area contributed by atoms with E-state index in [1.54, 1.807) is 0 Å². The van der Waals surface area contributed by atoms with Gasteiger partial charge in [-0.2, -0.15) is 0 Å². The van der Waals surface area contributed by atoms with E-state index in [1.807, 2.05) is 18.6 Å². The van der Waals surface area contributed by atoms with E-state index in [1.165, 1.54) is 35.9 Å². The van der Waals surface area contributed by atoms with Gasteiger partial charge in [-0.15, -0.1) is 0 Å². The molecule has 1 saturated carbocycles. The van der Waals surface area contributed by atoms with Crippen molar-refractivity contribution in [2.24, 2.45) is 0 Å². The summed E-state index contributed by atoms with van der Waals surface area (Å²) in [5.74, 6) is 2.82. The number of hydrogen-bond donors (Lipinski definition) is 2. The standard InChI is InChI=1S/C27H29N7O/c1-2-15(1)20-13-29-14-22-24(20)27(34-9-7-28-8-10-34)33-26(32-22)17-5-6-30-25-18(17)12-21(31-25)19-11-16-3-4-23(19)35-16/h5-6,12-16,19,23,28H,1-4,7-11H2,(H,30,31). The van der Waals surface area contributed by atoms with Gasteiger partial charge in [0.15, 0.2) is 5.82 Å². The van der Waals surface area contributed by atoms with Gasteiger partial charge < -0.3 is 19.9 Å². The van der Waals surface area contributed by atoms with Crippen LogP contribution in [0.25, 0.3) is 33.3 Å². The second-order valence-corrected chi connectivity index (χ2v) is 10.6. The molecule has 2 N–H and O–H groups in total. The maximum atomic E-state index is 6.13. The predicted octanol–water partition coefficient (Wildman–Crippen LogP) is 3.89. The first-order chi connectivity index (χ1) is 17.3. The van der Waals surface area contributed by atoms with Crippen LogP contribution in [0.5, 0.6) is 0 Å². The third-order valence-corrected chi connectivity index (χ3v) is 8.35. The first-order valence-electron chi connectivity index (χ1n) is 13.1. The Hall–Kier alpha value is -3.10. The summed E-state index contributed by atoms with van der Waals surface area (Å²) in [6, 6.07) is 4.32. The van der Waals surface area contributed by atoms with E-state index in [0.29, 0.717) is 24.0 Å². The van der Waals surface area contributed by atoms with E-state index in [2.05, 4.69) is 37.3 Å². The SMILES string of the molecule is c1cc(-c2nc(N3CCNCC3)c3c(C4CC4)cncc3n2)c2cc(C3CC4CCC3O4)[nH]c2n1. The topological polar surface area (TPSA) is 91.9 Å². The van der Waals surface area contributed by atoms with Gasteiger partial charge in [0.05, 0.1) is 23.9 Å². The van der Waals surface area contributed by atoms with Gasteiger partial charge >= 0.3 is 0 Å². The van der Waals surface area contributed by atoms with Gasteiger partial charge in [0, 0.05) is 66.5 Å². The molecule has 2 bridgehead atoms. The Morgan fingerprint density at radius 2 is 1.94 bits per heavy atom. The molecular formula is C27H29N7O. The zero-order valence-electron chi connectivity index (χ0n) is 19.7. The molecule has 3 unspecified atom stereocenters. The monoisotopic (exact) mass is 467 g/mol. The lowest BCUT2D eigenvalue weighted by Crippen LogP contribution is -2.44. The smallest absolute Gasteiger partial charge is 0.163 e. The number of aromatic nitrogens is 5. The average Bonchev–Trinajstić information content (AvgIpc) is 3.31. The van der Waals surface area contributed by atoms with Crippen molar-refractivity contribution in [3.8, 4) is 11.4 Å². The summed E-state index contributed by atoms with van der Waals surface area (Å²) in [7, 11) is 0. The molecule has 35 heavy (non-hydrogen) atoms. The number of aromatic amines is 1. The Morgan fingerprint density at radius 3 is 2.74 bits per heavy atom. The van der Waals surface area contributed by atoms with Crippen molar-refractivity contribution in [2.45, 2.75) is 56.1 Å². The average molecular weight is 468 g/mol. The summed E-state index contributed by atoms with van der Waals surface area (Å²) in [5.41, 5.74) is 5.40. The van der Waals surface area contributed by atoms with E-state index in [-0.39, 0.29) is 0 Å². The van der Waals surface area contributed by atoms with Crippen molar-refractivity contribution < 1.29 is 4.74 Å². The van der Waals surface area contributed by atoms with Crippen LogP contribution in [0.4, 0.5) is 5.82 Å². The highest BCUT2D eigenvalue weighted by molar-refractivity contribution is 5.97. The lowest BCUT2D eigenvalue weighted by atomic mass is 9.87. The number of nitrogens with one attached hydrogen (secondary N) is 2. The fourth-order valence-corrected chi connectivity index (χ4v) is 6.43. The molecule has 178 valence electrons. The van der Waals surface area contributed by atoms with E-state index < -0.39 is 0 Å². The molecule has 1 aliphatic carbocycles. The molecular weight excluding hydrogens is 438 g/mol. The number of piperazine rings is 1. The lowest BCUT2D eigenvalue weighted by Gasteiger charge is -2.30. The van der Waals surface area contributed by atoms with Crippen molar-refractivity contribution >= 4 is 27.8 Å². The molecule has 4 fully saturated rings. The molecule has 3 aliphatic heterocycles. The summed E-state index contributed by atoms with van der Waals surface area (Å²) < 4.78 is 6.13. The number of pyridine rings is 2. The van der Waals surface area contributed by atoms with Crippen LogP contribution < -0.4 is 10.2 Å². The van der Waals surface area contributed by atoms with Crippen molar-refractivity contribution in [2.75, 3.05) is 31.1 Å². The molecule has 4 aromatic heterocycles. The minimum atomic E-state index is 0.333. The van der Waals surface area contributed by atoms with Crippen molar-refractivity contribution in [3.05, 3.63) is 42.0 Å². The molecule has 8 rings (SSSR count). The van der Waals surface area contributed by atoms with Gasteiger partial charge in [0.2, 0.25) is 0 Å².